The van der Waals surface area contributed by atoms with Crippen molar-refractivity contribution in [2.75, 3.05) is 53.0 Å². The molecule has 256 valence electrons. The Bertz CT molecular complexity index is 1030. The highest BCUT2D eigenvalue weighted by Gasteiger charge is 2.66. The Labute approximate surface area is 274 Å². The highest BCUT2D eigenvalue weighted by molar-refractivity contribution is 5.16. The summed E-state index contributed by atoms with van der Waals surface area (Å²) in [6.07, 6.45) is 11.7. The van der Waals surface area contributed by atoms with Crippen LogP contribution >= 0.6 is 0 Å². The zero-order valence-corrected chi connectivity index (χ0v) is 29.0. The molecule has 0 heterocycles. The van der Waals surface area contributed by atoms with Crippen molar-refractivity contribution in [1.29, 1.82) is 0 Å². The van der Waals surface area contributed by atoms with E-state index in [4.69, 9.17) is 31.4 Å². The fourth-order valence-corrected chi connectivity index (χ4v) is 11.2. The molecule has 0 aromatic heterocycles. The van der Waals surface area contributed by atoms with E-state index in [0.717, 1.165) is 38.8 Å². The first kappa shape index (κ1) is 35.3. The molecule has 1 aromatic rings. The summed E-state index contributed by atoms with van der Waals surface area (Å²) in [5, 5.41) is 0. The molecule has 6 N–H and O–H groups in total. The molecule has 0 saturated heterocycles. The molecular formula is C38H66N4O3. The van der Waals surface area contributed by atoms with Crippen LogP contribution in [-0.2, 0) is 20.8 Å². The van der Waals surface area contributed by atoms with E-state index < -0.39 is 0 Å². The zero-order valence-electron chi connectivity index (χ0n) is 29.0. The molecule has 45 heavy (non-hydrogen) atoms. The van der Waals surface area contributed by atoms with Crippen LogP contribution in [0.15, 0.2) is 30.3 Å². The van der Waals surface area contributed by atoms with Crippen molar-refractivity contribution in [2.24, 2.45) is 63.5 Å². The van der Waals surface area contributed by atoms with Gasteiger partial charge in [-0.2, -0.15) is 0 Å². The van der Waals surface area contributed by atoms with Gasteiger partial charge in [-0.1, -0.05) is 51.1 Å². The van der Waals surface area contributed by atoms with Crippen LogP contribution in [0, 0.1) is 46.3 Å². The number of nitrogens with zero attached hydrogens (tertiary/aromatic N) is 1. The Kier molecular flexibility index (Phi) is 12.4. The molecular weight excluding hydrogens is 560 g/mol. The summed E-state index contributed by atoms with van der Waals surface area (Å²) in [6, 6.07) is 10.8. The van der Waals surface area contributed by atoms with Crippen LogP contribution in [0.1, 0.15) is 84.1 Å². The van der Waals surface area contributed by atoms with E-state index in [1.807, 2.05) is 0 Å². The molecule has 4 fully saturated rings. The maximum Gasteiger partial charge on any atom is 0.0637 e. The van der Waals surface area contributed by atoms with Crippen LogP contribution in [0.5, 0.6) is 0 Å². The molecule has 1 aromatic carbocycles. The Balaban J connectivity index is 1.33. The molecule has 0 radical (unpaired) electrons. The Morgan fingerprint density at radius 3 is 2.31 bits per heavy atom. The smallest absolute Gasteiger partial charge is 0.0637 e. The average molecular weight is 627 g/mol. The first-order valence-corrected chi connectivity index (χ1v) is 18.4. The molecule has 0 unspecified atom stereocenters. The second kappa shape index (κ2) is 15.9. The fourth-order valence-electron chi connectivity index (χ4n) is 11.2. The molecule has 0 spiro atoms. The minimum Gasteiger partial charge on any atom is -0.377 e. The van der Waals surface area contributed by atoms with Crippen molar-refractivity contribution < 1.29 is 14.2 Å². The summed E-state index contributed by atoms with van der Waals surface area (Å²) in [5.41, 5.74) is 19.7. The third kappa shape index (κ3) is 7.50. The van der Waals surface area contributed by atoms with Gasteiger partial charge in [0.25, 0.3) is 0 Å². The number of hydrogen-bond acceptors (Lipinski definition) is 7. The van der Waals surface area contributed by atoms with Crippen LogP contribution in [0.4, 0.5) is 0 Å². The van der Waals surface area contributed by atoms with Crippen molar-refractivity contribution in [2.45, 2.75) is 103 Å². The molecule has 7 heteroatoms. The van der Waals surface area contributed by atoms with E-state index in [-0.39, 0.29) is 23.0 Å². The molecule has 7 nitrogen and oxygen atoms in total. The maximum atomic E-state index is 6.87. The summed E-state index contributed by atoms with van der Waals surface area (Å²) >= 11 is 0. The van der Waals surface area contributed by atoms with E-state index in [0.29, 0.717) is 81.1 Å². The lowest BCUT2D eigenvalue weighted by molar-refractivity contribution is -0.226. The third-order valence-electron chi connectivity index (χ3n) is 13.3. The predicted molar refractivity (Wildman–Crippen MR) is 184 cm³/mol. The van der Waals surface area contributed by atoms with Crippen LogP contribution in [0.2, 0.25) is 0 Å². The molecule has 4 saturated carbocycles. The number of fused-ring (bicyclic) bond motifs is 5. The summed E-state index contributed by atoms with van der Waals surface area (Å²) in [6.45, 7) is 13.6. The van der Waals surface area contributed by atoms with Crippen LogP contribution in [0.3, 0.4) is 0 Å². The molecule has 0 aliphatic heterocycles. The van der Waals surface area contributed by atoms with Gasteiger partial charge in [0.2, 0.25) is 0 Å². The highest BCUT2D eigenvalue weighted by atomic mass is 16.5. The normalized spacial score (nSPS) is 38.5. The van der Waals surface area contributed by atoms with E-state index >= 15 is 0 Å². The standard InChI is InChI=1S/C38H66N4O3/c1-27(9-8-19-42(4)26-28-10-6-5-7-11-28)31-12-13-32-36-33(25-35(38(31,32)3)45-22-18-41)37(2)15-14-30(43-20-16-39)23-29(37)24-34(36)44-21-17-40/h5-7,10-11,27,29-36H,8-9,12-26,39-41H2,1-4H3/t27-,29+,30+,31-,32+,33+,34-,35+,36+,37+,38-/m1/s1. The monoisotopic (exact) mass is 627 g/mol. The number of ether oxygens (including phenoxy) is 3. The summed E-state index contributed by atoms with van der Waals surface area (Å²) < 4.78 is 19.9. The Morgan fingerprint density at radius 2 is 1.58 bits per heavy atom. The number of hydrogen-bond donors (Lipinski definition) is 3. The largest absolute Gasteiger partial charge is 0.377 e. The first-order valence-electron chi connectivity index (χ1n) is 18.4. The SMILES string of the molecule is C[C@H](CCCN(C)Cc1ccccc1)[C@H]1CC[C@H]2[C@@H]3[C@H](OCCN)C[C@@H]4C[C@@H](OCCN)CC[C@]4(C)[C@H]3C[C@H](OCCN)[C@]12C. The quantitative estimate of drug-likeness (QED) is 0.224. The lowest BCUT2D eigenvalue weighted by atomic mass is 9.43. The molecule has 4 aliphatic rings. The molecule has 4 aliphatic carbocycles. The lowest BCUT2D eigenvalue weighted by Gasteiger charge is -2.64. The number of nitrogens with two attached hydrogens (primary N) is 3. The van der Waals surface area contributed by atoms with E-state index in [1.165, 1.54) is 37.7 Å². The van der Waals surface area contributed by atoms with Gasteiger partial charge in [-0.25, -0.2) is 0 Å². The van der Waals surface area contributed by atoms with Gasteiger partial charge in [0, 0.05) is 31.6 Å². The average Bonchev–Trinajstić information content (AvgIpc) is 3.40. The van der Waals surface area contributed by atoms with Crippen molar-refractivity contribution in [3.63, 3.8) is 0 Å². The van der Waals surface area contributed by atoms with Gasteiger partial charge < -0.3 is 36.3 Å². The zero-order chi connectivity index (χ0) is 32.0. The van der Waals surface area contributed by atoms with Crippen LogP contribution in [0.25, 0.3) is 0 Å². The summed E-state index contributed by atoms with van der Waals surface area (Å²) in [7, 11) is 2.26. The third-order valence-corrected chi connectivity index (χ3v) is 13.3. The van der Waals surface area contributed by atoms with Crippen LogP contribution < -0.4 is 17.2 Å². The minimum absolute atomic E-state index is 0.140. The van der Waals surface area contributed by atoms with E-state index in [1.54, 1.807) is 0 Å². The van der Waals surface area contributed by atoms with Crippen molar-refractivity contribution in [1.82, 2.24) is 4.90 Å². The second-order valence-electron chi connectivity index (χ2n) is 15.8. The molecule has 5 rings (SSSR count). The van der Waals surface area contributed by atoms with E-state index in [2.05, 4.69) is 63.1 Å². The maximum absolute atomic E-state index is 6.87. The van der Waals surface area contributed by atoms with Gasteiger partial charge in [0.1, 0.15) is 0 Å². The van der Waals surface area contributed by atoms with Gasteiger partial charge in [0.05, 0.1) is 38.1 Å². The van der Waals surface area contributed by atoms with Crippen molar-refractivity contribution in [3.8, 4) is 0 Å². The van der Waals surface area contributed by atoms with Crippen molar-refractivity contribution >= 4 is 0 Å². The van der Waals surface area contributed by atoms with Gasteiger partial charge in [-0.15, -0.1) is 0 Å². The Morgan fingerprint density at radius 1 is 0.867 bits per heavy atom. The van der Waals surface area contributed by atoms with Crippen LogP contribution in [-0.4, -0.2) is 76.3 Å². The predicted octanol–water partition coefficient (Wildman–Crippen LogP) is 5.45. The topological polar surface area (TPSA) is 109 Å². The molecule has 0 amide bonds. The highest BCUT2D eigenvalue weighted by Crippen LogP contribution is 2.69. The molecule has 0 bridgehead atoms. The lowest BCUT2D eigenvalue weighted by Crippen LogP contribution is -2.63. The fraction of sp³-hybridized carbons (Fsp3) is 0.842. The van der Waals surface area contributed by atoms with Gasteiger partial charge in [-0.05, 0) is 118 Å². The Hall–Kier alpha value is -1.06. The summed E-state index contributed by atoms with van der Waals surface area (Å²) in [5.74, 6) is 3.69. The second-order valence-corrected chi connectivity index (χ2v) is 15.8. The summed E-state index contributed by atoms with van der Waals surface area (Å²) in [4.78, 5) is 2.48. The first-order chi connectivity index (χ1) is 21.8. The minimum atomic E-state index is 0.140. The van der Waals surface area contributed by atoms with Gasteiger partial charge in [0.15, 0.2) is 0 Å². The van der Waals surface area contributed by atoms with Crippen molar-refractivity contribution in [3.05, 3.63) is 35.9 Å². The van der Waals surface area contributed by atoms with Gasteiger partial charge in [-0.3, -0.25) is 0 Å². The number of rotatable bonds is 16. The molecule has 11 atom stereocenters. The van der Waals surface area contributed by atoms with Gasteiger partial charge >= 0.3 is 0 Å². The van der Waals surface area contributed by atoms with E-state index in [9.17, 15) is 0 Å². The number of benzene rings is 1.